The van der Waals surface area contributed by atoms with Crippen molar-refractivity contribution in [2.75, 3.05) is 11.9 Å². The van der Waals surface area contributed by atoms with Crippen LogP contribution >= 0.6 is 0 Å². The molecule has 1 aromatic rings. The highest BCUT2D eigenvalue weighted by Gasteiger charge is 2.25. The zero-order chi connectivity index (χ0) is 13.1. The number of hydrogen-bond acceptors (Lipinski definition) is 1. The summed E-state index contributed by atoms with van der Waals surface area (Å²) >= 11 is 0. The average Bonchev–Trinajstić information content (AvgIpc) is 2.48. The Labute approximate surface area is 117 Å². The maximum atomic E-state index is 3.65. The second-order valence-corrected chi connectivity index (χ2v) is 6.40. The highest BCUT2D eigenvalue weighted by atomic mass is 14.9. The molecule has 3 rings (SSSR count). The van der Waals surface area contributed by atoms with Gasteiger partial charge in [-0.2, -0.15) is 0 Å². The van der Waals surface area contributed by atoms with E-state index in [-0.39, 0.29) is 0 Å². The number of fused-ring (bicyclic) bond motifs is 1. The lowest BCUT2D eigenvalue weighted by atomic mass is 9.74. The van der Waals surface area contributed by atoms with E-state index in [1.165, 1.54) is 57.1 Å². The minimum absolute atomic E-state index is 0.925. The van der Waals surface area contributed by atoms with Crippen molar-refractivity contribution in [3.8, 4) is 0 Å². The maximum absolute atomic E-state index is 3.65. The van der Waals surface area contributed by atoms with Gasteiger partial charge in [0.05, 0.1) is 0 Å². The molecule has 0 saturated heterocycles. The van der Waals surface area contributed by atoms with Crippen LogP contribution in [0.5, 0.6) is 0 Å². The number of anilines is 1. The van der Waals surface area contributed by atoms with Crippen LogP contribution in [0.25, 0.3) is 0 Å². The Kier molecular flexibility index (Phi) is 4.10. The Morgan fingerprint density at radius 2 is 1.95 bits per heavy atom. The van der Waals surface area contributed by atoms with E-state index in [0.29, 0.717) is 0 Å². The van der Waals surface area contributed by atoms with Crippen molar-refractivity contribution in [1.29, 1.82) is 0 Å². The zero-order valence-electron chi connectivity index (χ0n) is 12.3. The summed E-state index contributed by atoms with van der Waals surface area (Å²) < 4.78 is 0. The van der Waals surface area contributed by atoms with Gasteiger partial charge in [0.15, 0.2) is 0 Å². The smallest absolute Gasteiger partial charge is 0.0405 e. The fourth-order valence-electron chi connectivity index (χ4n) is 4.12. The van der Waals surface area contributed by atoms with E-state index in [1.807, 2.05) is 0 Å². The van der Waals surface area contributed by atoms with E-state index in [0.717, 1.165) is 18.4 Å². The van der Waals surface area contributed by atoms with Gasteiger partial charge in [-0.25, -0.2) is 0 Å². The quantitative estimate of drug-likeness (QED) is 0.820. The Bertz CT molecular complexity index is 424. The third kappa shape index (κ3) is 2.80. The molecule has 104 valence electrons. The summed E-state index contributed by atoms with van der Waals surface area (Å²) in [6.45, 7) is 3.54. The number of hydrogen-bond donors (Lipinski definition) is 1. The molecule has 2 aliphatic rings. The van der Waals surface area contributed by atoms with Gasteiger partial charge < -0.3 is 5.32 Å². The molecule has 1 nitrogen and oxygen atoms in total. The molecule has 0 bridgehead atoms. The highest BCUT2D eigenvalue weighted by molar-refractivity contribution is 5.59. The van der Waals surface area contributed by atoms with E-state index >= 15 is 0 Å². The molecule has 0 spiro atoms. The third-order valence-corrected chi connectivity index (χ3v) is 5.23. The monoisotopic (exact) mass is 257 g/mol. The van der Waals surface area contributed by atoms with Crippen LogP contribution in [0, 0.1) is 11.8 Å². The van der Waals surface area contributed by atoms with Gasteiger partial charge in [-0.3, -0.25) is 0 Å². The van der Waals surface area contributed by atoms with Crippen molar-refractivity contribution >= 4 is 5.69 Å². The number of benzene rings is 1. The molecule has 1 fully saturated rings. The van der Waals surface area contributed by atoms with Crippen LogP contribution in [0.15, 0.2) is 18.2 Å². The van der Waals surface area contributed by atoms with Crippen LogP contribution in [0.4, 0.5) is 5.69 Å². The van der Waals surface area contributed by atoms with Crippen molar-refractivity contribution in [2.45, 2.75) is 58.3 Å². The molecule has 1 heterocycles. The molecule has 1 N–H and O–H groups in total. The van der Waals surface area contributed by atoms with Gasteiger partial charge in [0, 0.05) is 12.2 Å². The summed E-state index contributed by atoms with van der Waals surface area (Å²) in [6, 6.07) is 6.94. The molecular weight excluding hydrogens is 230 g/mol. The van der Waals surface area contributed by atoms with Crippen LogP contribution in [-0.2, 0) is 12.8 Å². The van der Waals surface area contributed by atoms with Crippen LogP contribution in [0.2, 0.25) is 0 Å². The van der Waals surface area contributed by atoms with Crippen molar-refractivity contribution in [3.05, 3.63) is 29.3 Å². The standard InChI is InChI=1S/C18H27N/c1-2-14-7-3-4-8-16(14)13-17-10-5-9-15-11-6-12-19-18(15)17/h5,9-10,14,16,19H,2-4,6-8,11-13H2,1H3. The SMILES string of the molecule is CCC1CCCCC1Cc1cccc2c1NCCC2. The Hall–Kier alpha value is -0.980. The normalized spacial score (nSPS) is 26.6. The van der Waals surface area contributed by atoms with Gasteiger partial charge in [-0.15, -0.1) is 0 Å². The first kappa shape index (κ1) is 13.0. The zero-order valence-corrected chi connectivity index (χ0v) is 12.3. The van der Waals surface area contributed by atoms with E-state index < -0.39 is 0 Å². The number of rotatable bonds is 3. The van der Waals surface area contributed by atoms with Crippen molar-refractivity contribution in [2.24, 2.45) is 11.8 Å². The van der Waals surface area contributed by atoms with Crippen molar-refractivity contribution in [3.63, 3.8) is 0 Å². The van der Waals surface area contributed by atoms with E-state index in [9.17, 15) is 0 Å². The van der Waals surface area contributed by atoms with Crippen molar-refractivity contribution < 1.29 is 0 Å². The molecule has 2 unspecified atom stereocenters. The first-order valence-electron chi connectivity index (χ1n) is 8.23. The van der Waals surface area contributed by atoms with E-state index in [4.69, 9.17) is 0 Å². The summed E-state index contributed by atoms with van der Waals surface area (Å²) in [6.07, 6.45) is 11.0. The largest absolute Gasteiger partial charge is 0.385 e. The van der Waals surface area contributed by atoms with E-state index in [2.05, 4.69) is 30.4 Å². The summed E-state index contributed by atoms with van der Waals surface area (Å²) in [5.74, 6) is 1.89. The number of aryl methyl sites for hydroxylation is 1. The number of nitrogens with one attached hydrogen (secondary N) is 1. The topological polar surface area (TPSA) is 12.0 Å². The van der Waals surface area contributed by atoms with Gasteiger partial charge in [0.1, 0.15) is 0 Å². The van der Waals surface area contributed by atoms with Crippen LogP contribution < -0.4 is 5.32 Å². The predicted molar refractivity (Wildman–Crippen MR) is 82.7 cm³/mol. The fourth-order valence-corrected chi connectivity index (χ4v) is 4.12. The molecule has 1 aliphatic carbocycles. The summed E-state index contributed by atoms with van der Waals surface area (Å²) in [5, 5.41) is 3.65. The van der Waals surface area contributed by atoms with Crippen LogP contribution in [0.3, 0.4) is 0 Å². The Balaban J connectivity index is 1.78. The van der Waals surface area contributed by atoms with Gasteiger partial charge in [0.2, 0.25) is 0 Å². The fraction of sp³-hybridized carbons (Fsp3) is 0.667. The number of para-hydroxylation sites is 1. The lowest BCUT2D eigenvalue weighted by Crippen LogP contribution is -2.22. The second kappa shape index (κ2) is 5.98. The molecule has 0 amide bonds. The molecule has 19 heavy (non-hydrogen) atoms. The Morgan fingerprint density at radius 3 is 2.79 bits per heavy atom. The minimum Gasteiger partial charge on any atom is -0.385 e. The van der Waals surface area contributed by atoms with Gasteiger partial charge in [-0.1, -0.05) is 50.8 Å². The molecule has 1 saturated carbocycles. The summed E-state index contributed by atoms with van der Waals surface area (Å²) in [5.41, 5.74) is 4.62. The minimum atomic E-state index is 0.925. The average molecular weight is 257 g/mol. The van der Waals surface area contributed by atoms with Gasteiger partial charge in [-0.05, 0) is 48.6 Å². The summed E-state index contributed by atoms with van der Waals surface area (Å²) in [7, 11) is 0. The predicted octanol–water partition coefficient (Wildman–Crippen LogP) is 4.80. The lowest BCUT2D eigenvalue weighted by molar-refractivity contribution is 0.229. The molecule has 1 heteroatoms. The molecular formula is C18H27N. The van der Waals surface area contributed by atoms with Crippen LogP contribution in [-0.4, -0.2) is 6.54 Å². The lowest BCUT2D eigenvalue weighted by Gasteiger charge is -2.32. The highest BCUT2D eigenvalue weighted by Crippen LogP contribution is 2.37. The van der Waals surface area contributed by atoms with Gasteiger partial charge >= 0.3 is 0 Å². The molecule has 2 atom stereocenters. The van der Waals surface area contributed by atoms with Gasteiger partial charge in [0.25, 0.3) is 0 Å². The third-order valence-electron chi connectivity index (χ3n) is 5.23. The molecule has 1 aliphatic heterocycles. The van der Waals surface area contributed by atoms with Crippen molar-refractivity contribution in [1.82, 2.24) is 0 Å². The second-order valence-electron chi connectivity index (χ2n) is 6.40. The summed E-state index contributed by atoms with van der Waals surface area (Å²) in [4.78, 5) is 0. The van der Waals surface area contributed by atoms with E-state index in [1.54, 1.807) is 11.1 Å². The molecule has 0 aromatic heterocycles. The first-order valence-corrected chi connectivity index (χ1v) is 8.23. The first-order chi connectivity index (χ1) is 9.38. The molecule has 0 radical (unpaired) electrons. The van der Waals surface area contributed by atoms with Crippen LogP contribution in [0.1, 0.15) is 56.6 Å². The Morgan fingerprint density at radius 1 is 1.11 bits per heavy atom. The maximum Gasteiger partial charge on any atom is 0.0405 e. The molecule has 1 aromatic carbocycles.